The summed E-state index contributed by atoms with van der Waals surface area (Å²) < 4.78 is 4.61. The first-order valence-corrected chi connectivity index (χ1v) is 3.76. The van der Waals surface area contributed by atoms with Crippen molar-refractivity contribution in [2.24, 2.45) is 5.73 Å². The lowest BCUT2D eigenvalue weighted by atomic mass is 10.1. The molecule has 0 rings (SSSR count). The Morgan fingerprint density at radius 2 is 2.25 bits per heavy atom. The maximum Gasteiger partial charge on any atom is 0.325 e. The van der Waals surface area contributed by atoms with Crippen LogP contribution in [0, 0.1) is 0 Å². The molecule has 0 aliphatic rings. The van der Waals surface area contributed by atoms with Gasteiger partial charge in [0.2, 0.25) is 0 Å². The van der Waals surface area contributed by atoms with Crippen molar-refractivity contribution in [1.82, 2.24) is 0 Å². The van der Waals surface area contributed by atoms with Crippen molar-refractivity contribution < 1.29 is 14.6 Å². The highest BCUT2D eigenvalue weighted by molar-refractivity contribution is 5.76. The fourth-order valence-corrected chi connectivity index (χ4v) is 0.674. The number of aliphatic hydroxyl groups excluding tert-OH is 1. The summed E-state index contributed by atoms with van der Waals surface area (Å²) >= 11 is 0. The van der Waals surface area contributed by atoms with E-state index in [1.54, 1.807) is 13.8 Å². The first kappa shape index (κ1) is 11.1. The van der Waals surface area contributed by atoms with Crippen LogP contribution in [0.5, 0.6) is 0 Å². The van der Waals surface area contributed by atoms with Crippen molar-refractivity contribution in [1.29, 1.82) is 0 Å². The molecule has 0 unspecified atom stereocenters. The van der Waals surface area contributed by atoms with Gasteiger partial charge in [-0.1, -0.05) is 12.2 Å². The minimum absolute atomic E-state index is 0.259. The molecule has 0 saturated heterocycles. The van der Waals surface area contributed by atoms with E-state index in [1.807, 2.05) is 0 Å². The van der Waals surface area contributed by atoms with Crippen molar-refractivity contribution in [3.63, 3.8) is 0 Å². The molecule has 4 nitrogen and oxygen atoms in total. The van der Waals surface area contributed by atoms with Gasteiger partial charge in [0.25, 0.3) is 0 Å². The molecule has 0 saturated carbocycles. The van der Waals surface area contributed by atoms with E-state index in [1.165, 1.54) is 0 Å². The largest absolute Gasteiger partial charge is 0.465 e. The monoisotopic (exact) mass is 173 g/mol. The molecule has 0 radical (unpaired) electrons. The molecule has 3 N–H and O–H groups in total. The zero-order valence-corrected chi connectivity index (χ0v) is 7.41. The molecule has 0 fully saturated rings. The van der Waals surface area contributed by atoms with E-state index in [4.69, 9.17) is 5.73 Å². The van der Waals surface area contributed by atoms with Gasteiger partial charge >= 0.3 is 5.97 Å². The van der Waals surface area contributed by atoms with E-state index in [-0.39, 0.29) is 6.61 Å². The minimum atomic E-state index is -1.03. The topological polar surface area (TPSA) is 72.5 Å². The second-order valence-electron chi connectivity index (χ2n) is 2.57. The third-order valence-electron chi connectivity index (χ3n) is 1.40. The molecular formula is C8H15NO3. The van der Waals surface area contributed by atoms with Gasteiger partial charge in [-0.25, -0.2) is 0 Å². The summed E-state index contributed by atoms with van der Waals surface area (Å²) in [6.45, 7) is 7.02. The Kier molecular flexibility index (Phi) is 4.54. The molecule has 0 aromatic rings. The lowest BCUT2D eigenvalue weighted by Crippen LogP contribution is -2.43. The maximum atomic E-state index is 10.9. The molecular weight excluding hydrogens is 158 g/mol. The summed E-state index contributed by atoms with van der Waals surface area (Å²) in [4.78, 5) is 10.9. The number of aliphatic hydroxyl groups is 1. The van der Waals surface area contributed by atoms with E-state index in [2.05, 4.69) is 11.3 Å². The maximum absolute atomic E-state index is 10.9. The number of rotatable bonds is 4. The van der Waals surface area contributed by atoms with Gasteiger partial charge in [-0.15, -0.1) is 0 Å². The smallest absolute Gasteiger partial charge is 0.325 e. The fraction of sp³-hybridized carbons (Fsp3) is 0.625. The molecule has 0 aliphatic carbocycles. The van der Waals surface area contributed by atoms with Gasteiger partial charge in [0.1, 0.15) is 12.1 Å². The molecule has 4 heteroatoms. The molecule has 12 heavy (non-hydrogen) atoms. The summed E-state index contributed by atoms with van der Waals surface area (Å²) in [5.74, 6) is -0.604. The second kappa shape index (κ2) is 4.90. The normalized spacial score (nSPS) is 15.0. The zero-order valence-electron chi connectivity index (χ0n) is 7.41. The van der Waals surface area contributed by atoms with E-state index in [0.29, 0.717) is 5.57 Å². The van der Waals surface area contributed by atoms with Crippen LogP contribution in [-0.2, 0) is 9.53 Å². The average Bonchev–Trinajstić information content (AvgIpc) is 2.02. The molecule has 0 aromatic carbocycles. The van der Waals surface area contributed by atoms with Gasteiger partial charge in [0.05, 0.1) is 6.61 Å². The summed E-state index contributed by atoms with van der Waals surface area (Å²) in [7, 11) is 0. The lowest BCUT2D eigenvalue weighted by molar-refractivity contribution is -0.146. The molecule has 0 aliphatic heterocycles. The Balaban J connectivity index is 4.09. The molecule has 0 aromatic heterocycles. The average molecular weight is 173 g/mol. The highest BCUT2D eigenvalue weighted by atomic mass is 16.5. The quantitative estimate of drug-likeness (QED) is 0.456. The predicted octanol–water partition coefficient (Wildman–Crippen LogP) is -0.186. The van der Waals surface area contributed by atoms with Crippen LogP contribution in [0.25, 0.3) is 0 Å². The van der Waals surface area contributed by atoms with Gasteiger partial charge in [-0.05, 0) is 13.8 Å². The van der Waals surface area contributed by atoms with Crippen LogP contribution in [0.2, 0.25) is 0 Å². The van der Waals surface area contributed by atoms with Crippen LogP contribution < -0.4 is 5.73 Å². The van der Waals surface area contributed by atoms with E-state index >= 15 is 0 Å². The van der Waals surface area contributed by atoms with Gasteiger partial charge in [0, 0.05) is 0 Å². The Hall–Kier alpha value is -0.870. The molecule has 2 atom stereocenters. The zero-order chi connectivity index (χ0) is 9.72. The standard InChI is InChI=1S/C8H15NO3/c1-4-12-8(11)6(9)7(10)5(2)3/h6-7,10H,2,4,9H2,1,3H3/t6-,7+/m1/s1. The highest BCUT2D eigenvalue weighted by Gasteiger charge is 2.23. The molecule has 0 heterocycles. The Morgan fingerprint density at radius 3 is 2.58 bits per heavy atom. The third-order valence-corrected chi connectivity index (χ3v) is 1.40. The predicted molar refractivity (Wildman–Crippen MR) is 45.4 cm³/mol. The first-order valence-electron chi connectivity index (χ1n) is 3.76. The van der Waals surface area contributed by atoms with Crippen LogP contribution in [0.4, 0.5) is 0 Å². The fourth-order valence-electron chi connectivity index (χ4n) is 0.674. The van der Waals surface area contributed by atoms with E-state index < -0.39 is 18.1 Å². The van der Waals surface area contributed by atoms with Crippen molar-refractivity contribution in [2.45, 2.75) is 26.0 Å². The number of carbonyl (C=O) groups excluding carboxylic acids is 1. The number of hydrogen-bond donors (Lipinski definition) is 2. The third kappa shape index (κ3) is 3.02. The highest BCUT2D eigenvalue weighted by Crippen LogP contribution is 2.02. The van der Waals surface area contributed by atoms with Crippen LogP contribution in [-0.4, -0.2) is 29.8 Å². The summed E-state index contributed by atoms with van der Waals surface area (Å²) in [5, 5.41) is 9.27. The van der Waals surface area contributed by atoms with Crippen molar-refractivity contribution in [2.75, 3.05) is 6.61 Å². The first-order chi connectivity index (χ1) is 5.50. The molecule has 0 amide bonds. The Bertz CT molecular complexity index is 179. The van der Waals surface area contributed by atoms with Crippen molar-refractivity contribution in [3.8, 4) is 0 Å². The van der Waals surface area contributed by atoms with Crippen molar-refractivity contribution in [3.05, 3.63) is 12.2 Å². The van der Waals surface area contributed by atoms with Crippen LogP contribution in [0.3, 0.4) is 0 Å². The Labute approximate surface area is 72.0 Å². The van der Waals surface area contributed by atoms with E-state index in [0.717, 1.165) is 0 Å². The van der Waals surface area contributed by atoms with Gasteiger partial charge in [-0.3, -0.25) is 4.79 Å². The van der Waals surface area contributed by atoms with Crippen LogP contribution >= 0.6 is 0 Å². The van der Waals surface area contributed by atoms with Crippen LogP contribution in [0.15, 0.2) is 12.2 Å². The molecule has 0 bridgehead atoms. The second-order valence-corrected chi connectivity index (χ2v) is 2.57. The number of hydrogen-bond acceptors (Lipinski definition) is 4. The summed E-state index contributed by atoms with van der Waals surface area (Å²) in [6.07, 6.45) is -1.02. The minimum Gasteiger partial charge on any atom is -0.465 e. The molecule has 70 valence electrons. The summed E-state index contributed by atoms with van der Waals surface area (Å²) in [6, 6.07) is -1.03. The number of nitrogens with two attached hydrogens (primary N) is 1. The van der Waals surface area contributed by atoms with Crippen molar-refractivity contribution >= 4 is 5.97 Å². The summed E-state index contributed by atoms with van der Waals surface area (Å²) in [5.41, 5.74) is 5.82. The SMILES string of the molecule is C=C(C)[C@H](O)[C@@H](N)C(=O)OCC. The van der Waals surface area contributed by atoms with E-state index in [9.17, 15) is 9.90 Å². The molecule has 0 spiro atoms. The Morgan fingerprint density at radius 1 is 1.75 bits per heavy atom. The van der Waals surface area contributed by atoms with Gasteiger partial charge < -0.3 is 15.6 Å². The van der Waals surface area contributed by atoms with Crippen LogP contribution in [0.1, 0.15) is 13.8 Å². The van der Waals surface area contributed by atoms with Gasteiger partial charge in [0.15, 0.2) is 0 Å². The number of esters is 1. The number of ether oxygens (including phenoxy) is 1. The number of carbonyl (C=O) groups is 1. The van der Waals surface area contributed by atoms with Gasteiger partial charge in [-0.2, -0.15) is 0 Å². The lowest BCUT2D eigenvalue weighted by Gasteiger charge is -2.16.